The lowest BCUT2D eigenvalue weighted by molar-refractivity contribution is 0.394. The van der Waals surface area contributed by atoms with Crippen LogP contribution in [-0.4, -0.2) is 22.6 Å². The van der Waals surface area contributed by atoms with Gasteiger partial charge in [0.2, 0.25) is 9.84 Å². The molecule has 7 heteroatoms. The Balaban J connectivity index is 2.54. The third kappa shape index (κ3) is 3.78. The number of nitrogens with zero attached hydrogens (tertiary/aromatic N) is 1. The fourth-order valence-corrected chi connectivity index (χ4v) is 3.40. The van der Waals surface area contributed by atoms with E-state index in [0.29, 0.717) is 17.1 Å². The number of hydrogen-bond donors (Lipinski definition) is 0. The minimum Gasteiger partial charge on any atom is -0.497 e. The summed E-state index contributed by atoms with van der Waals surface area (Å²) in [5.74, 6) is 0.978. The van der Waals surface area contributed by atoms with Gasteiger partial charge in [0.1, 0.15) is 22.5 Å². The van der Waals surface area contributed by atoms with Crippen molar-refractivity contribution in [2.75, 3.05) is 14.2 Å². The second kappa shape index (κ2) is 7.51. The average molecular weight is 408 g/mol. The topological polar surface area (TPSA) is 76.4 Å². The fraction of sp³-hybridized carbons (Fsp3) is 0.118. The van der Waals surface area contributed by atoms with Crippen molar-refractivity contribution in [2.24, 2.45) is 0 Å². The number of nitriles is 1. The summed E-state index contributed by atoms with van der Waals surface area (Å²) in [6.07, 6.45) is 1.29. The minimum atomic E-state index is -3.91. The van der Waals surface area contributed by atoms with Gasteiger partial charge in [-0.25, -0.2) is 8.42 Å². The lowest BCUT2D eigenvalue weighted by Gasteiger charge is -2.08. The Morgan fingerprint density at radius 3 is 2.33 bits per heavy atom. The number of rotatable bonds is 5. The third-order valence-corrected chi connectivity index (χ3v) is 5.46. The number of allylic oxidation sites excluding steroid dienone is 1. The van der Waals surface area contributed by atoms with E-state index in [1.165, 1.54) is 32.4 Å². The Morgan fingerprint density at radius 1 is 1.12 bits per heavy atom. The van der Waals surface area contributed by atoms with Gasteiger partial charge >= 0.3 is 0 Å². The zero-order valence-electron chi connectivity index (χ0n) is 13.0. The Hall–Kier alpha value is -2.30. The normalized spacial score (nSPS) is 11.7. The molecule has 2 rings (SSSR count). The average Bonchev–Trinajstić information content (AvgIpc) is 2.59. The van der Waals surface area contributed by atoms with Crippen LogP contribution in [0.4, 0.5) is 0 Å². The highest BCUT2D eigenvalue weighted by atomic mass is 79.9. The van der Waals surface area contributed by atoms with E-state index in [9.17, 15) is 13.7 Å². The molecule has 0 unspecified atom stereocenters. The molecule has 0 N–H and O–H groups in total. The van der Waals surface area contributed by atoms with Crippen LogP contribution in [0.3, 0.4) is 0 Å². The quantitative estimate of drug-likeness (QED) is 0.704. The molecule has 0 heterocycles. The number of sulfone groups is 1. The van der Waals surface area contributed by atoms with E-state index < -0.39 is 9.84 Å². The van der Waals surface area contributed by atoms with Gasteiger partial charge in [0.15, 0.2) is 0 Å². The van der Waals surface area contributed by atoms with Crippen LogP contribution < -0.4 is 9.47 Å². The molecule has 0 aliphatic carbocycles. The molecule has 24 heavy (non-hydrogen) atoms. The molecule has 2 aromatic rings. The lowest BCUT2D eigenvalue weighted by atomic mass is 10.2. The Labute approximate surface area is 149 Å². The molecule has 0 amide bonds. The third-order valence-electron chi connectivity index (χ3n) is 3.25. The summed E-state index contributed by atoms with van der Waals surface area (Å²) in [5, 5.41) is 9.33. The van der Waals surface area contributed by atoms with Crippen LogP contribution >= 0.6 is 15.9 Å². The number of halogens is 1. The zero-order valence-corrected chi connectivity index (χ0v) is 15.4. The summed E-state index contributed by atoms with van der Waals surface area (Å²) in [6, 6.07) is 12.8. The van der Waals surface area contributed by atoms with Gasteiger partial charge in [-0.3, -0.25) is 0 Å². The first-order valence-corrected chi connectivity index (χ1v) is 9.04. The monoisotopic (exact) mass is 407 g/mol. The highest BCUT2D eigenvalue weighted by Gasteiger charge is 2.21. The predicted octanol–water partition coefficient (Wildman–Crippen LogP) is 3.80. The molecule has 0 radical (unpaired) electrons. The van der Waals surface area contributed by atoms with Crippen molar-refractivity contribution in [3.8, 4) is 17.6 Å². The minimum absolute atomic E-state index is 0.0472. The van der Waals surface area contributed by atoms with Crippen LogP contribution in [0.25, 0.3) is 6.08 Å². The zero-order chi connectivity index (χ0) is 17.7. The van der Waals surface area contributed by atoms with Gasteiger partial charge in [-0.1, -0.05) is 15.9 Å². The fourth-order valence-electron chi connectivity index (χ4n) is 1.99. The van der Waals surface area contributed by atoms with Gasteiger partial charge in [-0.15, -0.1) is 0 Å². The second-order valence-corrected chi connectivity index (χ2v) is 7.52. The van der Waals surface area contributed by atoms with Crippen LogP contribution in [0, 0.1) is 11.3 Å². The Bertz CT molecular complexity index is 913. The van der Waals surface area contributed by atoms with Crippen molar-refractivity contribution in [1.29, 1.82) is 5.26 Å². The first-order chi connectivity index (χ1) is 11.4. The Morgan fingerprint density at radius 2 is 1.79 bits per heavy atom. The molecular formula is C17H14BrNO4S. The molecule has 0 saturated heterocycles. The van der Waals surface area contributed by atoms with Crippen molar-refractivity contribution < 1.29 is 17.9 Å². The molecule has 0 atom stereocenters. The lowest BCUT2D eigenvalue weighted by Crippen LogP contribution is -2.03. The highest BCUT2D eigenvalue weighted by molar-refractivity contribution is 9.10. The van der Waals surface area contributed by atoms with E-state index in [1.807, 2.05) is 0 Å². The van der Waals surface area contributed by atoms with Crippen molar-refractivity contribution in [3.63, 3.8) is 0 Å². The van der Waals surface area contributed by atoms with E-state index in [1.54, 1.807) is 36.4 Å². The van der Waals surface area contributed by atoms with Gasteiger partial charge in [-0.05, 0) is 42.5 Å². The first kappa shape index (κ1) is 18.0. The van der Waals surface area contributed by atoms with E-state index in [0.717, 1.165) is 4.47 Å². The highest BCUT2D eigenvalue weighted by Crippen LogP contribution is 2.29. The van der Waals surface area contributed by atoms with E-state index in [-0.39, 0.29) is 9.80 Å². The molecule has 124 valence electrons. The van der Waals surface area contributed by atoms with Crippen molar-refractivity contribution in [1.82, 2.24) is 0 Å². The summed E-state index contributed by atoms with van der Waals surface area (Å²) >= 11 is 3.25. The van der Waals surface area contributed by atoms with Gasteiger partial charge in [0.05, 0.1) is 19.1 Å². The molecule has 5 nitrogen and oxygen atoms in total. The van der Waals surface area contributed by atoms with Gasteiger partial charge in [0.25, 0.3) is 0 Å². The van der Waals surface area contributed by atoms with E-state index in [2.05, 4.69) is 15.9 Å². The van der Waals surface area contributed by atoms with Crippen molar-refractivity contribution in [3.05, 3.63) is 57.4 Å². The molecular weight excluding hydrogens is 394 g/mol. The molecule has 0 fully saturated rings. The smallest absolute Gasteiger partial charge is 0.216 e. The second-order valence-electron chi connectivity index (χ2n) is 4.69. The molecule has 0 bridgehead atoms. The maximum atomic E-state index is 12.6. The summed E-state index contributed by atoms with van der Waals surface area (Å²) in [7, 11) is -0.938. The van der Waals surface area contributed by atoms with Crippen molar-refractivity contribution >= 4 is 31.8 Å². The standard InChI is InChI=1S/C17H14BrNO4S/c1-22-14-6-3-12(17(10-14)23-2)9-16(11-19)24(20,21)15-7-4-13(18)5-8-15/h3-10H,1-2H3/b16-9+. The van der Waals surface area contributed by atoms with Crippen LogP contribution in [0.2, 0.25) is 0 Å². The van der Waals surface area contributed by atoms with Crippen LogP contribution in [-0.2, 0) is 9.84 Å². The molecule has 0 saturated carbocycles. The van der Waals surface area contributed by atoms with E-state index in [4.69, 9.17) is 9.47 Å². The van der Waals surface area contributed by atoms with Gasteiger partial charge in [-0.2, -0.15) is 5.26 Å². The maximum absolute atomic E-state index is 12.6. The first-order valence-electron chi connectivity index (χ1n) is 6.77. The molecule has 2 aromatic carbocycles. The van der Waals surface area contributed by atoms with Crippen LogP contribution in [0.15, 0.2) is 56.7 Å². The number of methoxy groups -OCH3 is 2. The number of benzene rings is 2. The maximum Gasteiger partial charge on any atom is 0.216 e. The van der Waals surface area contributed by atoms with Crippen molar-refractivity contribution in [2.45, 2.75) is 4.90 Å². The Kier molecular flexibility index (Phi) is 5.65. The SMILES string of the molecule is COc1ccc(/C=C(\C#N)S(=O)(=O)c2ccc(Br)cc2)c(OC)c1. The number of ether oxygens (including phenoxy) is 2. The predicted molar refractivity (Wildman–Crippen MR) is 94.5 cm³/mol. The molecule has 0 aliphatic rings. The molecule has 0 spiro atoms. The number of hydrogen-bond acceptors (Lipinski definition) is 5. The van der Waals surface area contributed by atoms with Gasteiger partial charge in [0, 0.05) is 16.1 Å². The van der Waals surface area contributed by atoms with Gasteiger partial charge < -0.3 is 9.47 Å². The molecule has 0 aromatic heterocycles. The summed E-state index contributed by atoms with van der Waals surface area (Å²) in [5.41, 5.74) is 0.468. The summed E-state index contributed by atoms with van der Waals surface area (Å²) in [4.78, 5) is -0.320. The summed E-state index contributed by atoms with van der Waals surface area (Å²) in [6.45, 7) is 0. The molecule has 0 aliphatic heterocycles. The van der Waals surface area contributed by atoms with Crippen LogP contribution in [0.5, 0.6) is 11.5 Å². The van der Waals surface area contributed by atoms with Crippen LogP contribution in [0.1, 0.15) is 5.56 Å². The van der Waals surface area contributed by atoms with E-state index >= 15 is 0 Å². The summed E-state index contributed by atoms with van der Waals surface area (Å²) < 4.78 is 36.3. The largest absolute Gasteiger partial charge is 0.497 e.